The van der Waals surface area contributed by atoms with E-state index in [9.17, 15) is 43.2 Å². The van der Waals surface area contributed by atoms with Crippen LogP contribution in [0.15, 0.2) is 0 Å². The Kier molecular flexibility index (Phi) is 71.5. The molecule has 3 N–H and O–H groups in total. The van der Waals surface area contributed by atoms with Gasteiger partial charge in [0.2, 0.25) is 0 Å². The monoisotopic (exact) mass is 1510 g/mol. The van der Waals surface area contributed by atoms with E-state index >= 15 is 0 Å². The maximum absolute atomic E-state index is 13.1. The zero-order chi connectivity index (χ0) is 76.0. The van der Waals surface area contributed by atoms with Crippen LogP contribution in [0.5, 0.6) is 0 Å². The molecule has 0 radical (unpaired) electrons. The van der Waals surface area contributed by atoms with Crippen molar-refractivity contribution in [3.8, 4) is 0 Å². The largest absolute Gasteiger partial charge is 0.472 e. The van der Waals surface area contributed by atoms with Gasteiger partial charge in [0.1, 0.15) is 19.3 Å². The number of unbranched alkanes of at least 4 members (excludes halogenated alkanes) is 46. The molecule has 612 valence electrons. The minimum Gasteiger partial charge on any atom is -0.462 e. The van der Waals surface area contributed by atoms with Crippen LogP contribution in [0.1, 0.15) is 434 Å². The lowest BCUT2D eigenvalue weighted by atomic mass is 10.00. The summed E-state index contributed by atoms with van der Waals surface area (Å²) in [6.07, 6.45) is 61.1. The second-order valence-electron chi connectivity index (χ2n) is 31.9. The fourth-order valence-corrected chi connectivity index (χ4v) is 14.5. The summed E-state index contributed by atoms with van der Waals surface area (Å²) in [5, 5.41) is 10.7. The summed E-state index contributed by atoms with van der Waals surface area (Å²) >= 11 is 0. The van der Waals surface area contributed by atoms with Gasteiger partial charge in [-0.1, -0.05) is 383 Å². The first-order valence-corrected chi connectivity index (χ1v) is 46.2. The maximum Gasteiger partial charge on any atom is 0.472 e. The Morgan fingerprint density at radius 3 is 0.689 bits per heavy atom. The van der Waals surface area contributed by atoms with Gasteiger partial charge in [0, 0.05) is 25.7 Å². The number of esters is 4. The lowest BCUT2D eigenvalue weighted by molar-refractivity contribution is -0.161. The zero-order valence-corrected chi connectivity index (χ0v) is 69.7. The molecule has 0 spiro atoms. The third kappa shape index (κ3) is 76.6. The molecule has 17 nitrogen and oxygen atoms in total. The molecule has 19 heteroatoms. The average Bonchev–Trinajstić information content (AvgIpc) is 0.905. The molecule has 0 aromatic heterocycles. The van der Waals surface area contributed by atoms with Gasteiger partial charge < -0.3 is 33.8 Å². The number of rotatable bonds is 81. The molecular formula is C84H164O17P2. The minimum absolute atomic E-state index is 0.106. The van der Waals surface area contributed by atoms with Crippen molar-refractivity contribution in [1.29, 1.82) is 0 Å². The first kappa shape index (κ1) is 101. The highest BCUT2D eigenvalue weighted by Crippen LogP contribution is 2.45. The molecule has 0 fully saturated rings. The van der Waals surface area contributed by atoms with Crippen LogP contribution in [-0.2, 0) is 65.4 Å². The van der Waals surface area contributed by atoms with Crippen molar-refractivity contribution < 1.29 is 80.2 Å². The average molecular weight is 1510 g/mol. The third-order valence-electron chi connectivity index (χ3n) is 19.9. The number of hydrogen-bond acceptors (Lipinski definition) is 15. The summed E-state index contributed by atoms with van der Waals surface area (Å²) in [5.74, 6) is 1.02. The van der Waals surface area contributed by atoms with Crippen LogP contribution in [0.25, 0.3) is 0 Å². The Balaban J connectivity index is 5.23. The van der Waals surface area contributed by atoms with Crippen LogP contribution in [0.3, 0.4) is 0 Å². The molecule has 0 aliphatic carbocycles. The van der Waals surface area contributed by atoms with Gasteiger partial charge in [-0.05, 0) is 49.4 Å². The molecular weight excluding hydrogens is 1340 g/mol. The smallest absolute Gasteiger partial charge is 0.462 e. The summed E-state index contributed by atoms with van der Waals surface area (Å²) in [6, 6.07) is 0. The predicted octanol–water partition coefficient (Wildman–Crippen LogP) is 25.2. The highest BCUT2D eigenvalue weighted by Gasteiger charge is 2.30. The van der Waals surface area contributed by atoms with Gasteiger partial charge in [0.25, 0.3) is 0 Å². The Morgan fingerprint density at radius 2 is 0.466 bits per heavy atom. The van der Waals surface area contributed by atoms with E-state index in [1.165, 1.54) is 231 Å². The van der Waals surface area contributed by atoms with Crippen molar-refractivity contribution in [3.05, 3.63) is 0 Å². The Labute approximate surface area is 632 Å². The molecule has 0 rings (SSSR count). The SMILES string of the molecule is CCC(C)CCCCCCCCC(=O)OC[C@H](COP(=O)(O)OC[C@H](O)COP(=O)(O)OC[C@@H](COC(=O)CCCCCCCCCCCCCCC(C)C)OC(=O)CCCCCCCCCCCCCCCCCCCCC(C)C)OC(=O)CCCCCCCCCCCCCCCCC(C)C. The van der Waals surface area contributed by atoms with Crippen molar-refractivity contribution in [2.75, 3.05) is 39.6 Å². The number of aliphatic hydroxyl groups excluding tert-OH is 1. The Bertz CT molecular complexity index is 2010. The summed E-state index contributed by atoms with van der Waals surface area (Å²) in [6.45, 7) is 14.3. The molecule has 0 heterocycles. The Hall–Kier alpha value is -1.94. The van der Waals surface area contributed by atoms with E-state index < -0.39 is 97.5 Å². The molecule has 0 bridgehead atoms. The Morgan fingerprint density at radius 1 is 0.272 bits per heavy atom. The van der Waals surface area contributed by atoms with Crippen LogP contribution in [0.4, 0.5) is 0 Å². The van der Waals surface area contributed by atoms with Crippen molar-refractivity contribution in [3.63, 3.8) is 0 Å². The van der Waals surface area contributed by atoms with Crippen LogP contribution in [0, 0.1) is 23.7 Å². The lowest BCUT2D eigenvalue weighted by Gasteiger charge is -2.21. The molecule has 6 atom stereocenters. The number of carbonyl (C=O) groups is 4. The van der Waals surface area contributed by atoms with Gasteiger partial charge >= 0.3 is 39.5 Å². The fourth-order valence-electron chi connectivity index (χ4n) is 12.9. The van der Waals surface area contributed by atoms with Crippen LogP contribution < -0.4 is 0 Å². The molecule has 0 amide bonds. The molecule has 0 aromatic rings. The van der Waals surface area contributed by atoms with Crippen molar-refractivity contribution in [2.45, 2.75) is 453 Å². The highest BCUT2D eigenvalue weighted by molar-refractivity contribution is 7.47. The van der Waals surface area contributed by atoms with E-state index in [1.807, 2.05) is 0 Å². The van der Waals surface area contributed by atoms with E-state index in [2.05, 4.69) is 55.4 Å². The first-order valence-electron chi connectivity index (χ1n) is 43.2. The second kappa shape index (κ2) is 72.9. The van der Waals surface area contributed by atoms with E-state index in [4.69, 9.17) is 37.0 Å². The summed E-state index contributed by atoms with van der Waals surface area (Å²) < 4.78 is 68.8. The number of ether oxygens (including phenoxy) is 4. The van der Waals surface area contributed by atoms with E-state index in [1.54, 1.807) is 0 Å². The first-order chi connectivity index (χ1) is 49.6. The molecule has 0 aliphatic heterocycles. The van der Waals surface area contributed by atoms with Gasteiger partial charge in [-0.15, -0.1) is 0 Å². The quantitative estimate of drug-likeness (QED) is 0.0222. The van der Waals surface area contributed by atoms with Gasteiger partial charge in [-0.25, -0.2) is 9.13 Å². The number of hydrogen-bond donors (Lipinski definition) is 3. The standard InChI is InChI=1S/C84H164O17P2/c1-9-77(8)63-55-47-42-43-49-57-65-82(87)95-71-80(101-84(89)67-59-51-41-35-29-21-17-16-19-25-31-37-45-53-61-75(4)5)73-99-103(92,93)97-69-78(85)68-96-102(90,91)98-72-79(70-94-81(86)64-56-48-39-33-27-23-22-26-32-38-46-54-62-76(6)7)100-83(88)66-58-50-40-34-28-20-15-13-11-10-12-14-18-24-30-36-44-52-60-74(2)3/h74-80,85H,9-73H2,1-8H3,(H,90,91)(H,92,93)/t77?,78-,79-,80-/m1/s1. The predicted molar refractivity (Wildman–Crippen MR) is 423 cm³/mol. The molecule has 3 unspecified atom stereocenters. The van der Waals surface area contributed by atoms with Gasteiger partial charge in [0.05, 0.1) is 26.4 Å². The van der Waals surface area contributed by atoms with Crippen LogP contribution in [-0.4, -0.2) is 96.7 Å². The summed E-state index contributed by atoms with van der Waals surface area (Å²) in [7, 11) is -9.93. The minimum atomic E-state index is -4.96. The number of phosphoric acid groups is 2. The molecule has 0 saturated heterocycles. The van der Waals surface area contributed by atoms with Gasteiger partial charge in [0.15, 0.2) is 12.2 Å². The van der Waals surface area contributed by atoms with Crippen molar-refractivity contribution >= 4 is 39.5 Å². The molecule has 0 saturated carbocycles. The van der Waals surface area contributed by atoms with Crippen LogP contribution in [0.2, 0.25) is 0 Å². The van der Waals surface area contributed by atoms with Crippen LogP contribution >= 0.6 is 15.6 Å². The fraction of sp³-hybridized carbons (Fsp3) is 0.952. The lowest BCUT2D eigenvalue weighted by Crippen LogP contribution is -2.30. The normalized spacial score (nSPS) is 14.2. The van der Waals surface area contributed by atoms with E-state index in [0.717, 1.165) is 120 Å². The maximum atomic E-state index is 13.1. The van der Waals surface area contributed by atoms with Gasteiger partial charge in [-0.2, -0.15) is 0 Å². The van der Waals surface area contributed by atoms with E-state index in [0.29, 0.717) is 25.7 Å². The summed E-state index contributed by atoms with van der Waals surface area (Å²) in [5.41, 5.74) is 0. The number of aliphatic hydroxyl groups is 1. The number of phosphoric ester groups is 2. The van der Waals surface area contributed by atoms with Crippen molar-refractivity contribution in [1.82, 2.24) is 0 Å². The number of carbonyl (C=O) groups excluding carboxylic acids is 4. The highest BCUT2D eigenvalue weighted by atomic mass is 31.2. The second-order valence-corrected chi connectivity index (χ2v) is 34.8. The molecule has 0 aliphatic rings. The summed E-state index contributed by atoms with van der Waals surface area (Å²) in [4.78, 5) is 73.1. The molecule has 0 aromatic carbocycles. The third-order valence-corrected chi connectivity index (χ3v) is 21.8. The van der Waals surface area contributed by atoms with Gasteiger partial charge in [-0.3, -0.25) is 37.3 Å². The topological polar surface area (TPSA) is 237 Å². The zero-order valence-electron chi connectivity index (χ0n) is 68.0. The molecule has 103 heavy (non-hydrogen) atoms. The van der Waals surface area contributed by atoms with E-state index in [-0.39, 0.29) is 25.7 Å². The van der Waals surface area contributed by atoms with Crippen molar-refractivity contribution in [2.24, 2.45) is 23.7 Å².